The van der Waals surface area contributed by atoms with Crippen LogP contribution in [-0.4, -0.2) is 21.9 Å². The van der Waals surface area contributed by atoms with Gasteiger partial charge in [-0.3, -0.25) is 20.2 Å². The molecule has 1 atom stereocenters. The van der Waals surface area contributed by atoms with E-state index in [1.165, 1.54) is 0 Å². The number of nitro groups is 1. The maximum absolute atomic E-state index is 12.1. The normalized spacial score (nSPS) is 11.7. The minimum atomic E-state index is -0.685. The molecule has 0 aliphatic carbocycles. The predicted octanol–water partition coefficient (Wildman–Crippen LogP) is 2.85. The van der Waals surface area contributed by atoms with E-state index in [4.69, 9.17) is 4.74 Å². The number of benzene rings is 1. The number of para-hydroxylation sites is 1. The lowest BCUT2D eigenvalue weighted by atomic mass is 10.2. The van der Waals surface area contributed by atoms with Gasteiger partial charge in [-0.25, -0.2) is 4.98 Å². The average molecular weight is 307 g/mol. The van der Waals surface area contributed by atoms with Gasteiger partial charge < -0.3 is 4.74 Å². The molecule has 1 N–H and O–H groups in total. The number of hydrogen-bond donors (Lipinski definition) is 1. The van der Waals surface area contributed by atoms with Crippen molar-refractivity contribution in [2.75, 3.05) is 5.32 Å². The number of rotatable bonds is 6. The number of anilines is 1. The van der Waals surface area contributed by atoms with Crippen LogP contribution in [-0.2, 0) is 4.79 Å². The van der Waals surface area contributed by atoms with E-state index in [0.29, 0.717) is 12.2 Å². The summed E-state index contributed by atoms with van der Waals surface area (Å²) in [6, 6.07) is 8.98. The number of nitrogens with one attached hydrogen (secondary N) is 1. The van der Waals surface area contributed by atoms with E-state index in [9.17, 15) is 14.9 Å². The highest BCUT2D eigenvalue weighted by Gasteiger charge is 2.21. The van der Waals surface area contributed by atoms with Crippen molar-refractivity contribution in [1.82, 2.24) is 4.98 Å². The van der Waals surface area contributed by atoms with Crippen molar-refractivity contribution in [2.24, 2.45) is 0 Å². The van der Waals surface area contributed by atoms with Crippen molar-refractivity contribution >= 4 is 27.4 Å². The fourth-order valence-corrected chi connectivity index (χ4v) is 2.21. The second-order valence-electron chi connectivity index (χ2n) is 4.08. The second-order valence-corrected chi connectivity index (χ2v) is 5.09. The maximum atomic E-state index is 12.1. The van der Waals surface area contributed by atoms with Crippen LogP contribution in [0.25, 0.3) is 0 Å². The molecular weight excluding hydrogens is 294 g/mol. The molecule has 0 bridgehead atoms. The lowest BCUT2D eigenvalue weighted by Crippen LogP contribution is -2.32. The number of thiazole rings is 1. The number of carbonyl (C=O) groups is 1. The minimum Gasteiger partial charge on any atom is -0.481 e. The third-order valence-corrected chi connectivity index (χ3v) is 3.45. The molecule has 0 aliphatic heterocycles. The number of amides is 1. The Balaban J connectivity index is 2.01. The van der Waals surface area contributed by atoms with E-state index in [-0.39, 0.29) is 16.0 Å². The van der Waals surface area contributed by atoms with Crippen molar-refractivity contribution < 1.29 is 14.5 Å². The van der Waals surface area contributed by atoms with E-state index in [2.05, 4.69) is 10.3 Å². The Morgan fingerprint density at radius 3 is 2.76 bits per heavy atom. The molecule has 1 aromatic carbocycles. The van der Waals surface area contributed by atoms with E-state index >= 15 is 0 Å². The molecule has 0 spiro atoms. The fraction of sp³-hybridized carbons (Fsp3) is 0.231. The number of carbonyl (C=O) groups excluding carboxylic acids is 1. The molecule has 0 fully saturated rings. The molecule has 7 nitrogen and oxygen atoms in total. The van der Waals surface area contributed by atoms with Crippen molar-refractivity contribution in [3.8, 4) is 5.75 Å². The topological polar surface area (TPSA) is 94.4 Å². The van der Waals surface area contributed by atoms with Gasteiger partial charge >= 0.3 is 5.00 Å². The SMILES string of the molecule is CC[C@H](Oc1ccccc1)C(=O)Nc1ncc([N+](=O)[O-])s1. The van der Waals surface area contributed by atoms with Gasteiger partial charge in [-0.15, -0.1) is 0 Å². The first kappa shape index (κ1) is 14.9. The third kappa shape index (κ3) is 3.99. The standard InChI is InChI=1S/C13H13N3O4S/c1-2-10(20-9-6-4-3-5-7-9)12(17)15-13-14-8-11(21-13)16(18)19/h3-8,10H,2H2,1H3,(H,14,15,17)/t10-/m0/s1. The number of ether oxygens (including phenoxy) is 1. The Labute approximate surface area is 124 Å². The Morgan fingerprint density at radius 2 is 2.19 bits per heavy atom. The Bertz CT molecular complexity index is 629. The summed E-state index contributed by atoms with van der Waals surface area (Å²) in [6.07, 6.45) is 0.892. The summed E-state index contributed by atoms with van der Waals surface area (Å²) < 4.78 is 5.58. The molecule has 1 heterocycles. The van der Waals surface area contributed by atoms with Crippen molar-refractivity contribution in [2.45, 2.75) is 19.4 Å². The summed E-state index contributed by atoms with van der Waals surface area (Å²) in [5.41, 5.74) is 0. The molecule has 0 unspecified atom stereocenters. The van der Waals surface area contributed by atoms with Gasteiger partial charge in [0.1, 0.15) is 11.9 Å². The molecule has 8 heteroatoms. The quantitative estimate of drug-likeness (QED) is 0.654. The van der Waals surface area contributed by atoms with Crippen LogP contribution in [0, 0.1) is 10.1 Å². The summed E-state index contributed by atoms with van der Waals surface area (Å²) in [6.45, 7) is 1.82. The van der Waals surface area contributed by atoms with Crippen molar-refractivity contribution in [3.63, 3.8) is 0 Å². The summed E-state index contributed by atoms with van der Waals surface area (Å²) in [4.78, 5) is 25.9. The van der Waals surface area contributed by atoms with Crippen LogP contribution in [0.15, 0.2) is 36.5 Å². The van der Waals surface area contributed by atoms with Gasteiger partial charge in [0.15, 0.2) is 11.2 Å². The zero-order chi connectivity index (χ0) is 15.2. The molecule has 0 radical (unpaired) electrons. The highest BCUT2D eigenvalue weighted by molar-refractivity contribution is 7.18. The van der Waals surface area contributed by atoms with Crippen molar-refractivity contribution in [1.29, 1.82) is 0 Å². The molecule has 0 saturated carbocycles. The van der Waals surface area contributed by atoms with Gasteiger partial charge in [0.25, 0.3) is 5.91 Å². The van der Waals surface area contributed by atoms with Crippen LogP contribution in [0.1, 0.15) is 13.3 Å². The Kier molecular flexibility index (Phi) is 4.83. The number of aromatic nitrogens is 1. The first-order valence-corrected chi connectivity index (χ1v) is 7.04. The summed E-state index contributed by atoms with van der Waals surface area (Å²) in [5, 5.41) is 13.2. The van der Waals surface area contributed by atoms with Crippen LogP contribution >= 0.6 is 11.3 Å². The summed E-state index contributed by atoms with van der Waals surface area (Å²) >= 11 is 0.806. The number of nitrogens with zero attached hydrogens (tertiary/aromatic N) is 2. The smallest absolute Gasteiger partial charge is 0.345 e. The molecule has 2 rings (SSSR count). The monoisotopic (exact) mass is 307 g/mol. The molecule has 0 saturated heterocycles. The lowest BCUT2D eigenvalue weighted by molar-refractivity contribution is -0.380. The van der Waals surface area contributed by atoms with Crippen LogP contribution in [0.2, 0.25) is 0 Å². The molecule has 1 aromatic heterocycles. The van der Waals surface area contributed by atoms with Gasteiger partial charge in [0, 0.05) is 0 Å². The van der Waals surface area contributed by atoms with E-state index in [0.717, 1.165) is 17.5 Å². The third-order valence-electron chi connectivity index (χ3n) is 2.59. The van der Waals surface area contributed by atoms with E-state index in [1.54, 1.807) is 12.1 Å². The van der Waals surface area contributed by atoms with Gasteiger partial charge in [-0.1, -0.05) is 25.1 Å². The first-order valence-electron chi connectivity index (χ1n) is 6.23. The van der Waals surface area contributed by atoms with E-state index in [1.807, 2.05) is 25.1 Å². The van der Waals surface area contributed by atoms with Crippen LogP contribution in [0.4, 0.5) is 10.1 Å². The summed E-state index contributed by atoms with van der Waals surface area (Å²) in [7, 11) is 0. The van der Waals surface area contributed by atoms with Gasteiger partial charge in [0.05, 0.1) is 4.92 Å². The molecule has 0 aliphatic rings. The zero-order valence-electron chi connectivity index (χ0n) is 11.2. The van der Waals surface area contributed by atoms with Crippen LogP contribution in [0.3, 0.4) is 0 Å². The lowest BCUT2D eigenvalue weighted by Gasteiger charge is -2.16. The van der Waals surface area contributed by atoms with Gasteiger partial charge in [-0.05, 0) is 29.9 Å². The minimum absolute atomic E-state index is 0.123. The van der Waals surface area contributed by atoms with Crippen molar-refractivity contribution in [3.05, 3.63) is 46.6 Å². The molecule has 1 amide bonds. The van der Waals surface area contributed by atoms with Crippen LogP contribution in [0.5, 0.6) is 5.75 Å². The average Bonchev–Trinajstić information content (AvgIpc) is 2.94. The molecule has 21 heavy (non-hydrogen) atoms. The predicted molar refractivity (Wildman–Crippen MR) is 78.5 cm³/mol. The van der Waals surface area contributed by atoms with Gasteiger partial charge in [0.2, 0.25) is 0 Å². The zero-order valence-corrected chi connectivity index (χ0v) is 12.0. The van der Waals surface area contributed by atoms with E-state index < -0.39 is 11.0 Å². The second kappa shape index (κ2) is 6.80. The Hall–Kier alpha value is -2.48. The van der Waals surface area contributed by atoms with Crippen LogP contribution < -0.4 is 10.1 Å². The number of hydrogen-bond acceptors (Lipinski definition) is 6. The maximum Gasteiger partial charge on any atom is 0.345 e. The molecule has 2 aromatic rings. The van der Waals surface area contributed by atoms with Gasteiger partial charge in [-0.2, -0.15) is 0 Å². The summed E-state index contributed by atoms with van der Waals surface area (Å²) in [5.74, 6) is 0.204. The first-order chi connectivity index (χ1) is 10.1. The largest absolute Gasteiger partial charge is 0.481 e. The fourth-order valence-electron chi connectivity index (χ4n) is 1.58. The highest BCUT2D eigenvalue weighted by atomic mass is 32.1. The molecule has 110 valence electrons. The highest BCUT2D eigenvalue weighted by Crippen LogP contribution is 2.25. The Morgan fingerprint density at radius 1 is 1.48 bits per heavy atom. The molecular formula is C13H13N3O4S.